The van der Waals surface area contributed by atoms with Gasteiger partial charge in [-0.05, 0) is 24.1 Å². The summed E-state index contributed by atoms with van der Waals surface area (Å²) in [5.74, 6) is 0.402. The molecule has 2 heterocycles. The van der Waals surface area contributed by atoms with Gasteiger partial charge in [0.25, 0.3) is 0 Å². The number of hydrogen-bond acceptors (Lipinski definition) is 4. The van der Waals surface area contributed by atoms with E-state index >= 15 is 0 Å². The van der Waals surface area contributed by atoms with Crippen LogP contribution in [0.2, 0.25) is 0 Å². The van der Waals surface area contributed by atoms with Gasteiger partial charge in [0.1, 0.15) is 11.6 Å². The van der Waals surface area contributed by atoms with Crippen LogP contribution in [0, 0.1) is 5.82 Å². The highest BCUT2D eigenvalue weighted by molar-refractivity contribution is 7.16. The zero-order valence-corrected chi connectivity index (χ0v) is 13.9. The number of rotatable bonds is 3. The van der Waals surface area contributed by atoms with Crippen molar-refractivity contribution in [3.63, 3.8) is 0 Å². The maximum absolute atomic E-state index is 13.7. The third kappa shape index (κ3) is 2.53. The number of benzene rings is 1. The van der Waals surface area contributed by atoms with E-state index in [0.717, 1.165) is 34.7 Å². The van der Waals surface area contributed by atoms with Crippen LogP contribution >= 0.6 is 11.3 Å². The van der Waals surface area contributed by atoms with Crippen molar-refractivity contribution in [2.75, 3.05) is 11.9 Å². The van der Waals surface area contributed by atoms with Crippen LogP contribution in [0.4, 0.5) is 9.52 Å². The topological polar surface area (TPSA) is 46.3 Å². The van der Waals surface area contributed by atoms with Crippen molar-refractivity contribution in [1.82, 2.24) is 4.98 Å². The Morgan fingerprint density at radius 2 is 2.17 bits per heavy atom. The van der Waals surface area contributed by atoms with Crippen LogP contribution in [0.15, 0.2) is 41.0 Å². The lowest BCUT2D eigenvalue weighted by molar-refractivity contribution is -0.117. The van der Waals surface area contributed by atoms with Crippen LogP contribution in [0.3, 0.4) is 0 Å². The number of hydrogen-bond donors (Lipinski definition) is 0. The van der Waals surface area contributed by atoms with Crippen molar-refractivity contribution in [1.29, 1.82) is 0 Å². The van der Waals surface area contributed by atoms with Crippen LogP contribution in [0.1, 0.15) is 16.2 Å². The summed E-state index contributed by atoms with van der Waals surface area (Å²) in [7, 11) is 1.68. The number of amides is 1. The second-order valence-corrected chi connectivity index (χ2v) is 6.81. The highest BCUT2D eigenvalue weighted by atomic mass is 32.1. The van der Waals surface area contributed by atoms with Crippen molar-refractivity contribution >= 4 is 22.4 Å². The summed E-state index contributed by atoms with van der Waals surface area (Å²) < 4.78 is 19.2. The minimum absolute atomic E-state index is 0.0182. The largest absolute Gasteiger partial charge is 0.469 e. The van der Waals surface area contributed by atoms with Crippen LogP contribution in [0.5, 0.6) is 0 Å². The molecule has 0 fully saturated rings. The number of carbonyl (C=O) groups is 1. The number of nitrogens with zero attached hydrogens (tertiary/aromatic N) is 2. The molecule has 3 aromatic rings. The van der Waals surface area contributed by atoms with Crippen molar-refractivity contribution in [2.45, 2.75) is 19.3 Å². The summed E-state index contributed by atoms with van der Waals surface area (Å²) in [6, 6.07) is 8.26. The molecule has 0 bridgehead atoms. The van der Waals surface area contributed by atoms with E-state index in [1.807, 2.05) is 6.07 Å². The van der Waals surface area contributed by atoms with Crippen LogP contribution in [0.25, 0.3) is 11.3 Å². The van der Waals surface area contributed by atoms with Crippen molar-refractivity contribution in [3.8, 4) is 11.3 Å². The lowest BCUT2D eigenvalue weighted by Gasteiger charge is -2.13. The first kappa shape index (κ1) is 15.1. The zero-order chi connectivity index (χ0) is 16.7. The normalized spacial score (nSPS) is 12.6. The van der Waals surface area contributed by atoms with E-state index in [2.05, 4.69) is 4.98 Å². The van der Waals surface area contributed by atoms with Crippen LogP contribution in [-0.2, 0) is 24.1 Å². The molecule has 1 amide bonds. The number of aryl methyl sites for hydroxylation is 2. The number of fused-ring (bicyclic) bond motifs is 3. The van der Waals surface area contributed by atoms with Crippen molar-refractivity contribution in [3.05, 3.63) is 58.6 Å². The second-order valence-electron chi connectivity index (χ2n) is 5.75. The maximum atomic E-state index is 13.7. The first-order valence-corrected chi connectivity index (χ1v) is 8.51. The third-order valence-electron chi connectivity index (χ3n) is 4.23. The molecule has 0 radical (unpaired) electrons. The van der Waals surface area contributed by atoms with Crippen molar-refractivity contribution in [2.24, 2.45) is 0 Å². The molecule has 6 heteroatoms. The molecule has 4 rings (SSSR count). The molecule has 1 aliphatic carbocycles. The number of carbonyl (C=O) groups excluding carboxylic acids is 1. The first-order chi connectivity index (χ1) is 11.6. The number of thiazole rings is 1. The highest BCUT2D eigenvalue weighted by Gasteiger charge is 2.25. The molecule has 122 valence electrons. The number of likely N-dealkylation sites (N-methyl/N-ethyl adjacent to an activating group) is 1. The fourth-order valence-corrected chi connectivity index (χ4v) is 3.92. The van der Waals surface area contributed by atoms with Gasteiger partial charge in [0.2, 0.25) is 5.91 Å². The molecule has 0 atom stereocenters. The maximum Gasteiger partial charge on any atom is 0.233 e. The lowest BCUT2D eigenvalue weighted by Crippen LogP contribution is -2.28. The summed E-state index contributed by atoms with van der Waals surface area (Å²) in [6.07, 6.45) is 3.41. The van der Waals surface area contributed by atoms with E-state index in [4.69, 9.17) is 4.42 Å². The molecule has 24 heavy (non-hydrogen) atoms. The minimum atomic E-state index is -0.360. The van der Waals surface area contributed by atoms with E-state index < -0.39 is 0 Å². The fraction of sp³-hybridized carbons (Fsp3) is 0.222. The van der Waals surface area contributed by atoms with Gasteiger partial charge >= 0.3 is 0 Å². The van der Waals surface area contributed by atoms with E-state index in [-0.39, 0.29) is 18.1 Å². The molecule has 4 nitrogen and oxygen atoms in total. The molecule has 1 aromatic carbocycles. The van der Waals surface area contributed by atoms with Gasteiger partial charge in [0, 0.05) is 23.9 Å². The summed E-state index contributed by atoms with van der Waals surface area (Å²) in [6.45, 7) is 0. The average Bonchev–Trinajstić information content (AvgIpc) is 3.21. The molecular formula is C18H15FN2O2S. The molecule has 2 aromatic heterocycles. The Kier molecular flexibility index (Phi) is 3.69. The van der Waals surface area contributed by atoms with E-state index in [9.17, 15) is 9.18 Å². The number of aromatic nitrogens is 1. The Balaban J connectivity index is 1.59. The SMILES string of the molecule is CN(C(=O)Cc1ccccc1F)c1nc2c(s1)CCc1occc1-2. The number of halogens is 1. The van der Waals surface area contributed by atoms with Gasteiger partial charge in [-0.25, -0.2) is 9.37 Å². The Labute approximate surface area is 142 Å². The average molecular weight is 342 g/mol. The molecule has 0 unspecified atom stereocenters. The Bertz CT molecular complexity index is 915. The summed E-state index contributed by atoms with van der Waals surface area (Å²) in [4.78, 5) is 19.8. The number of furan rings is 1. The standard InChI is InChI=1S/C18H15FN2O2S/c1-21(16(22)10-11-4-2-3-5-13(11)19)18-20-17-12-8-9-23-14(12)6-7-15(17)24-18/h2-5,8-9H,6-7,10H2,1H3. The molecule has 0 N–H and O–H groups in total. The second kappa shape index (κ2) is 5.87. The molecule has 0 spiro atoms. The molecule has 1 aliphatic rings. The van der Waals surface area contributed by atoms with Gasteiger partial charge in [0.15, 0.2) is 5.13 Å². The molecule has 0 saturated heterocycles. The first-order valence-electron chi connectivity index (χ1n) is 7.70. The molecule has 0 aliphatic heterocycles. The fourth-order valence-electron chi connectivity index (χ4n) is 2.86. The Morgan fingerprint density at radius 3 is 3.00 bits per heavy atom. The third-order valence-corrected chi connectivity index (χ3v) is 5.42. The summed E-state index contributed by atoms with van der Waals surface area (Å²) >= 11 is 1.51. The smallest absolute Gasteiger partial charge is 0.233 e. The predicted molar refractivity (Wildman–Crippen MR) is 90.7 cm³/mol. The van der Waals surface area contributed by atoms with Gasteiger partial charge in [-0.2, -0.15) is 0 Å². The monoisotopic (exact) mass is 342 g/mol. The van der Waals surface area contributed by atoms with Crippen LogP contribution in [-0.4, -0.2) is 17.9 Å². The van der Waals surface area contributed by atoms with E-state index in [0.29, 0.717) is 10.7 Å². The van der Waals surface area contributed by atoms with Gasteiger partial charge in [-0.15, -0.1) is 11.3 Å². The minimum Gasteiger partial charge on any atom is -0.469 e. The number of anilines is 1. The Morgan fingerprint density at radius 1 is 1.33 bits per heavy atom. The molecule has 0 saturated carbocycles. The lowest BCUT2D eigenvalue weighted by atomic mass is 10.0. The highest BCUT2D eigenvalue weighted by Crippen LogP contribution is 2.39. The van der Waals surface area contributed by atoms with Crippen LogP contribution < -0.4 is 4.90 Å². The Hall–Kier alpha value is -2.47. The van der Waals surface area contributed by atoms with E-state index in [1.54, 1.807) is 31.5 Å². The van der Waals surface area contributed by atoms with Gasteiger partial charge in [-0.1, -0.05) is 18.2 Å². The van der Waals surface area contributed by atoms with Gasteiger partial charge in [-0.3, -0.25) is 9.69 Å². The summed E-state index contributed by atoms with van der Waals surface area (Å²) in [5.41, 5.74) is 2.30. The summed E-state index contributed by atoms with van der Waals surface area (Å²) in [5, 5.41) is 0.635. The predicted octanol–water partition coefficient (Wildman–Crippen LogP) is 3.85. The van der Waals surface area contributed by atoms with Crippen molar-refractivity contribution < 1.29 is 13.6 Å². The molecular weight excluding hydrogens is 327 g/mol. The van der Waals surface area contributed by atoms with E-state index in [1.165, 1.54) is 22.3 Å². The van der Waals surface area contributed by atoms with Gasteiger partial charge in [0.05, 0.1) is 18.4 Å². The quantitative estimate of drug-likeness (QED) is 0.726. The zero-order valence-electron chi connectivity index (χ0n) is 13.1. The van der Waals surface area contributed by atoms with Gasteiger partial charge < -0.3 is 4.42 Å².